The van der Waals surface area contributed by atoms with Crippen LogP contribution in [-0.2, 0) is 19.9 Å². The topological polar surface area (TPSA) is 51.2 Å². The number of nitrogens with zero attached hydrogens (tertiary/aromatic N) is 1. The van der Waals surface area contributed by atoms with Crippen LogP contribution in [0.4, 0.5) is 0 Å². The van der Waals surface area contributed by atoms with E-state index in [4.69, 9.17) is 0 Å². The van der Waals surface area contributed by atoms with Gasteiger partial charge in [0.2, 0.25) is 5.54 Å². The lowest BCUT2D eigenvalue weighted by Crippen LogP contribution is -2.72. The number of Topliss-reactive ketones (excluding diaryl/α,β-unsaturated/α-hetero) is 1. The maximum Gasteiger partial charge on any atom is 0.383 e. The first-order valence-corrected chi connectivity index (χ1v) is 9.89. The van der Waals surface area contributed by atoms with Crippen molar-refractivity contribution in [2.75, 3.05) is 13.1 Å². The van der Waals surface area contributed by atoms with Crippen LogP contribution in [0.3, 0.4) is 0 Å². The van der Waals surface area contributed by atoms with Crippen molar-refractivity contribution in [3.63, 3.8) is 0 Å². The Morgan fingerprint density at radius 2 is 1.73 bits per heavy atom. The van der Waals surface area contributed by atoms with Gasteiger partial charge in [0.1, 0.15) is 0 Å². The normalized spacial score (nSPS) is 26.3. The number of quaternary nitrogens is 1. The second-order valence-corrected chi connectivity index (χ2v) is 8.27. The Labute approximate surface area is 162 Å². The zero-order valence-electron chi connectivity index (χ0n) is 16.2. The second kappa shape index (κ2) is 7.65. The first kappa shape index (κ1) is 20.8. The molecule has 1 amide bonds. The predicted molar refractivity (Wildman–Crippen MR) is 106 cm³/mol. The van der Waals surface area contributed by atoms with E-state index in [0.29, 0.717) is 25.9 Å². The summed E-state index contributed by atoms with van der Waals surface area (Å²) in [7, 11) is 0. The Bertz CT molecular complexity index is 700. The standard InChI is InChI=1S/C21H29NO3S/c1-5-20(3,4)17(23)18(24)22(6-2)15-11-10-14-21(22,19(25)26)16-12-8-7-9-13-16/h7-9,12-13H,5-6,10-11,14-15H2,1-4H3/p+1. The van der Waals surface area contributed by atoms with Gasteiger partial charge in [-0.2, -0.15) is 0 Å². The first-order valence-electron chi connectivity index (χ1n) is 9.45. The van der Waals surface area contributed by atoms with E-state index >= 15 is 0 Å². The predicted octanol–water partition coefficient (Wildman–Crippen LogP) is 3.89. The molecule has 2 rings (SSSR count). The van der Waals surface area contributed by atoms with Crippen molar-refractivity contribution in [1.29, 1.82) is 0 Å². The lowest BCUT2D eigenvalue weighted by Gasteiger charge is -2.52. The minimum Gasteiger partial charge on any atom is -0.283 e. The van der Waals surface area contributed by atoms with Crippen LogP contribution in [0.1, 0.15) is 58.9 Å². The third-order valence-corrected chi connectivity index (χ3v) is 6.66. The summed E-state index contributed by atoms with van der Waals surface area (Å²) in [6.07, 6.45) is 2.75. The highest BCUT2D eigenvalue weighted by atomic mass is 32.1. The van der Waals surface area contributed by atoms with Gasteiger partial charge >= 0.3 is 5.91 Å². The van der Waals surface area contributed by atoms with Gasteiger partial charge in [-0.05, 0) is 26.2 Å². The number of carbonyl (C=O) groups excluding carboxylic acids is 3. The second-order valence-electron chi connectivity index (χ2n) is 7.87. The fourth-order valence-electron chi connectivity index (χ4n) is 4.18. The lowest BCUT2D eigenvalue weighted by molar-refractivity contribution is -0.904. The molecule has 0 N–H and O–H groups in total. The summed E-state index contributed by atoms with van der Waals surface area (Å²) < 4.78 is -0.151. The van der Waals surface area contributed by atoms with Crippen molar-refractivity contribution in [1.82, 2.24) is 0 Å². The summed E-state index contributed by atoms with van der Waals surface area (Å²) in [6.45, 7) is 8.29. The fraction of sp³-hybridized carbons (Fsp3) is 0.571. The Hall–Kier alpha value is -1.46. The van der Waals surface area contributed by atoms with E-state index in [1.54, 1.807) is 13.8 Å². The third-order valence-electron chi connectivity index (χ3n) is 6.29. The number of thiol groups is 1. The number of likely N-dealkylation sites (tertiary alicyclic amines) is 1. The van der Waals surface area contributed by atoms with Gasteiger partial charge in [0.05, 0.1) is 13.1 Å². The largest absolute Gasteiger partial charge is 0.383 e. The van der Waals surface area contributed by atoms with Gasteiger partial charge in [0.15, 0.2) is 0 Å². The molecular weight excluding hydrogens is 346 g/mol. The van der Waals surface area contributed by atoms with E-state index in [1.165, 1.54) is 0 Å². The molecule has 0 bridgehead atoms. The van der Waals surface area contributed by atoms with Crippen LogP contribution in [0.2, 0.25) is 0 Å². The molecule has 0 saturated carbocycles. The van der Waals surface area contributed by atoms with Crippen LogP contribution in [0.5, 0.6) is 0 Å². The van der Waals surface area contributed by atoms with Crippen LogP contribution in [0, 0.1) is 5.41 Å². The van der Waals surface area contributed by atoms with Crippen LogP contribution in [0.25, 0.3) is 0 Å². The first-order chi connectivity index (χ1) is 12.2. The number of ketones is 1. The van der Waals surface area contributed by atoms with E-state index in [2.05, 4.69) is 12.6 Å². The smallest absolute Gasteiger partial charge is 0.283 e. The molecule has 5 heteroatoms. The average Bonchev–Trinajstić information content (AvgIpc) is 2.66. The third kappa shape index (κ3) is 3.05. The molecule has 2 unspecified atom stereocenters. The molecule has 142 valence electrons. The van der Waals surface area contributed by atoms with E-state index in [0.717, 1.165) is 18.4 Å². The number of hydrogen-bond donors (Lipinski definition) is 1. The molecule has 0 aliphatic carbocycles. The van der Waals surface area contributed by atoms with Gasteiger partial charge in [0.25, 0.3) is 10.9 Å². The molecule has 1 heterocycles. The number of amides is 1. The molecule has 1 saturated heterocycles. The number of likely N-dealkylation sites (N-methyl/N-ethyl adjacent to an activating group) is 1. The minimum absolute atomic E-state index is 0.151. The van der Waals surface area contributed by atoms with E-state index in [1.807, 2.05) is 44.2 Å². The molecule has 0 spiro atoms. The van der Waals surface area contributed by atoms with Crippen molar-refractivity contribution in [3.8, 4) is 0 Å². The highest BCUT2D eigenvalue weighted by Gasteiger charge is 2.63. The Kier molecular flexibility index (Phi) is 6.13. The summed E-state index contributed by atoms with van der Waals surface area (Å²) in [5, 5.41) is -0.333. The quantitative estimate of drug-likeness (QED) is 0.465. The molecule has 1 aromatic rings. The summed E-state index contributed by atoms with van der Waals surface area (Å²) in [6, 6.07) is 9.39. The molecule has 1 aliphatic heterocycles. The van der Waals surface area contributed by atoms with Crippen molar-refractivity contribution in [2.45, 2.75) is 58.9 Å². The maximum absolute atomic E-state index is 13.6. The molecule has 4 nitrogen and oxygen atoms in total. The molecule has 0 radical (unpaired) electrons. The molecule has 26 heavy (non-hydrogen) atoms. The Morgan fingerprint density at radius 3 is 2.23 bits per heavy atom. The summed E-state index contributed by atoms with van der Waals surface area (Å²) in [4.78, 5) is 39.6. The highest BCUT2D eigenvalue weighted by Crippen LogP contribution is 2.46. The molecule has 0 aromatic heterocycles. The maximum atomic E-state index is 13.6. The number of piperidine rings is 1. The zero-order chi connectivity index (χ0) is 19.6. The Morgan fingerprint density at radius 1 is 1.12 bits per heavy atom. The average molecular weight is 377 g/mol. The zero-order valence-corrected chi connectivity index (χ0v) is 17.1. The molecule has 1 aliphatic rings. The fourth-order valence-corrected chi connectivity index (χ4v) is 4.61. The van der Waals surface area contributed by atoms with Crippen LogP contribution >= 0.6 is 12.6 Å². The van der Waals surface area contributed by atoms with Crippen molar-refractivity contribution >= 4 is 29.4 Å². The number of hydrogen-bond acceptors (Lipinski definition) is 3. The van der Waals surface area contributed by atoms with Crippen molar-refractivity contribution in [3.05, 3.63) is 35.9 Å². The van der Waals surface area contributed by atoms with Crippen molar-refractivity contribution in [2.24, 2.45) is 5.41 Å². The minimum atomic E-state index is -1.10. The molecule has 2 atom stereocenters. The van der Waals surface area contributed by atoms with E-state index in [9.17, 15) is 14.4 Å². The lowest BCUT2D eigenvalue weighted by atomic mass is 9.76. The van der Waals surface area contributed by atoms with Gasteiger partial charge in [-0.25, -0.2) is 9.28 Å². The van der Waals surface area contributed by atoms with E-state index in [-0.39, 0.29) is 9.60 Å². The van der Waals surface area contributed by atoms with Gasteiger partial charge in [-0.1, -0.05) is 63.7 Å². The monoisotopic (exact) mass is 376 g/mol. The molecular formula is C21H30NO3S+. The summed E-state index contributed by atoms with van der Waals surface area (Å²) in [5.41, 5.74) is -1.07. The van der Waals surface area contributed by atoms with Gasteiger partial charge in [-0.3, -0.25) is 9.59 Å². The van der Waals surface area contributed by atoms with Crippen LogP contribution in [0.15, 0.2) is 30.3 Å². The number of benzene rings is 1. The summed E-state index contributed by atoms with van der Waals surface area (Å²) >= 11 is 4.25. The van der Waals surface area contributed by atoms with Gasteiger partial charge < -0.3 is 0 Å². The SMILES string of the molecule is CCC(C)(C)C(=O)C(=O)[N+]1(CC)CCCCC1(C(=O)S)c1ccccc1. The van der Waals surface area contributed by atoms with Crippen molar-refractivity contribution < 1.29 is 18.9 Å². The van der Waals surface area contributed by atoms with Gasteiger partial charge in [-0.15, -0.1) is 0 Å². The van der Waals surface area contributed by atoms with Crippen LogP contribution in [-0.4, -0.2) is 34.4 Å². The highest BCUT2D eigenvalue weighted by molar-refractivity contribution is 7.96. The summed E-state index contributed by atoms with van der Waals surface area (Å²) in [5.74, 6) is -0.844. The number of rotatable bonds is 6. The van der Waals surface area contributed by atoms with E-state index < -0.39 is 22.6 Å². The Balaban J connectivity index is 2.71. The van der Waals surface area contributed by atoms with Gasteiger partial charge in [0, 0.05) is 17.4 Å². The molecule has 1 fully saturated rings. The number of carbonyl (C=O) groups is 3. The van der Waals surface area contributed by atoms with Crippen LogP contribution < -0.4 is 0 Å². The molecule has 1 aromatic carbocycles.